The van der Waals surface area contributed by atoms with Crippen LogP contribution in [0.25, 0.3) is 0 Å². The number of aliphatic hydroxyl groups is 1. The lowest BCUT2D eigenvalue weighted by molar-refractivity contribution is -0.384. The van der Waals surface area contributed by atoms with Crippen LogP contribution >= 0.6 is 0 Å². The Morgan fingerprint density at radius 1 is 1.44 bits per heavy atom. The minimum atomic E-state index is -0.692. The molecule has 0 aliphatic carbocycles. The Hall–Kier alpha value is -1.99. The van der Waals surface area contributed by atoms with Crippen LogP contribution < -0.4 is 10.6 Å². The molecule has 1 saturated heterocycles. The number of nitrogens with zero attached hydrogens (tertiary/aromatic N) is 1. The van der Waals surface area contributed by atoms with Gasteiger partial charge in [-0.2, -0.15) is 0 Å². The maximum atomic E-state index is 11.8. The van der Waals surface area contributed by atoms with Crippen LogP contribution in [0.3, 0.4) is 0 Å². The summed E-state index contributed by atoms with van der Waals surface area (Å²) in [5, 5.41) is 25.5. The lowest BCUT2D eigenvalue weighted by Gasteiger charge is -2.14. The molecule has 96 valence electrons. The maximum absolute atomic E-state index is 11.8. The van der Waals surface area contributed by atoms with Gasteiger partial charge in [0, 0.05) is 17.8 Å². The van der Waals surface area contributed by atoms with Gasteiger partial charge in [-0.3, -0.25) is 14.9 Å². The standard InChI is InChI=1S/C11H13N3O4/c15-9-5-6-12-10(9)11(16)13-7-1-3-8(4-2-7)14(17)18/h1-4,9-10,12,15H,5-6H2,(H,13,16)/t9?,10-/m0/s1. The Labute approximate surface area is 103 Å². The molecule has 0 radical (unpaired) electrons. The predicted octanol–water partition coefficient (Wildman–Crippen LogP) is 0.256. The summed E-state index contributed by atoms with van der Waals surface area (Å²) < 4.78 is 0. The van der Waals surface area contributed by atoms with Gasteiger partial charge in [0.15, 0.2) is 0 Å². The van der Waals surface area contributed by atoms with E-state index in [1.54, 1.807) is 0 Å². The average Bonchev–Trinajstić information content (AvgIpc) is 2.76. The van der Waals surface area contributed by atoms with E-state index in [0.29, 0.717) is 18.7 Å². The van der Waals surface area contributed by atoms with Crippen molar-refractivity contribution in [3.8, 4) is 0 Å². The average molecular weight is 251 g/mol. The Balaban J connectivity index is 2.00. The highest BCUT2D eigenvalue weighted by atomic mass is 16.6. The number of anilines is 1. The number of non-ortho nitro benzene ring substituents is 1. The van der Waals surface area contributed by atoms with Gasteiger partial charge in [-0.05, 0) is 25.1 Å². The van der Waals surface area contributed by atoms with Gasteiger partial charge >= 0.3 is 0 Å². The first-order valence-electron chi connectivity index (χ1n) is 5.54. The molecule has 1 aliphatic rings. The molecule has 0 saturated carbocycles. The molecule has 7 nitrogen and oxygen atoms in total. The zero-order chi connectivity index (χ0) is 13.1. The van der Waals surface area contributed by atoms with Crippen LogP contribution in [0.4, 0.5) is 11.4 Å². The van der Waals surface area contributed by atoms with Gasteiger partial charge in [-0.1, -0.05) is 0 Å². The lowest BCUT2D eigenvalue weighted by atomic mass is 10.1. The van der Waals surface area contributed by atoms with Gasteiger partial charge in [0.1, 0.15) is 6.04 Å². The summed E-state index contributed by atoms with van der Waals surface area (Å²) in [6, 6.07) is 4.91. The van der Waals surface area contributed by atoms with Gasteiger partial charge in [0.2, 0.25) is 5.91 Å². The monoisotopic (exact) mass is 251 g/mol. The van der Waals surface area contributed by atoms with Crippen LogP contribution in [0.15, 0.2) is 24.3 Å². The number of amides is 1. The molecular weight excluding hydrogens is 238 g/mol. The Morgan fingerprint density at radius 2 is 2.11 bits per heavy atom. The molecule has 1 fully saturated rings. The van der Waals surface area contributed by atoms with Crippen molar-refractivity contribution in [3.63, 3.8) is 0 Å². The second kappa shape index (κ2) is 5.11. The molecule has 1 aromatic rings. The number of nitrogens with one attached hydrogen (secondary N) is 2. The Morgan fingerprint density at radius 3 is 2.61 bits per heavy atom. The second-order valence-corrected chi connectivity index (χ2v) is 4.08. The summed E-state index contributed by atoms with van der Waals surface area (Å²) in [4.78, 5) is 21.7. The fourth-order valence-electron chi connectivity index (χ4n) is 1.84. The molecule has 2 rings (SSSR count). The van der Waals surface area contributed by atoms with Crippen LogP contribution in [0, 0.1) is 10.1 Å². The fraction of sp³-hybridized carbons (Fsp3) is 0.364. The highest BCUT2D eigenvalue weighted by Crippen LogP contribution is 2.16. The summed E-state index contributed by atoms with van der Waals surface area (Å²) >= 11 is 0. The van der Waals surface area contributed by atoms with Crippen LogP contribution in [0.1, 0.15) is 6.42 Å². The zero-order valence-corrected chi connectivity index (χ0v) is 9.50. The van der Waals surface area contributed by atoms with E-state index >= 15 is 0 Å². The van der Waals surface area contributed by atoms with Crippen LogP contribution in [-0.2, 0) is 4.79 Å². The second-order valence-electron chi connectivity index (χ2n) is 4.08. The van der Waals surface area contributed by atoms with E-state index in [2.05, 4.69) is 10.6 Å². The molecule has 1 unspecified atom stereocenters. The van der Waals surface area contributed by atoms with Gasteiger partial charge in [0.05, 0.1) is 11.0 Å². The van der Waals surface area contributed by atoms with E-state index in [1.165, 1.54) is 24.3 Å². The molecule has 0 bridgehead atoms. The fourth-order valence-corrected chi connectivity index (χ4v) is 1.84. The number of nitro groups is 1. The van der Waals surface area contributed by atoms with E-state index in [9.17, 15) is 20.0 Å². The summed E-state index contributed by atoms with van der Waals surface area (Å²) in [6.45, 7) is 0.597. The minimum absolute atomic E-state index is 0.0352. The first-order chi connectivity index (χ1) is 8.58. The number of hydrogen-bond donors (Lipinski definition) is 3. The third kappa shape index (κ3) is 2.63. The summed E-state index contributed by atoms with van der Waals surface area (Å²) in [5.41, 5.74) is 0.429. The highest BCUT2D eigenvalue weighted by molar-refractivity contribution is 5.95. The van der Waals surface area contributed by atoms with Crippen molar-refractivity contribution in [1.82, 2.24) is 5.32 Å². The van der Waals surface area contributed by atoms with Crippen LogP contribution in [0.2, 0.25) is 0 Å². The molecule has 1 amide bonds. The molecule has 1 aliphatic heterocycles. The molecule has 1 aromatic carbocycles. The number of nitro benzene ring substituents is 1. The van der Waals surface area contributed by atoms with E-state index in [0.717, 1.165) is 0 Å². The van der Waals surface area contributed by atoms with Crippen molar-refractivity contribution in [3.05, 3.63) is 34.4 Å². The van der Waals surface area contributed by atoms with Gasteiger partial charge in [-0.25, -0.2) is 0 Å². The largest absolute Gasteiger partial charge is 0.391 e. The molecule has 1 heterocycles. The molecule has 7 heteroatoms. The minimum Gasteiger partial charge on any atom is -0.391 e. The zero-order valence-electron chi connectivity index (χ0n) is 9.50. The molecule has 2 atom stereocenters. The number of aliphatic hydroxyl groups excluding tert-OH is 1. The van der Waals surface area contributed by atoms with Crippen molar-refractivity contribution in [1.29, 1.82) is 0 Å². The van der Waals surface area contributed by atoms with Crippen LogP contribution in [0.5, 0.6) is 0 Å². The quantitative estimate of drug-likeness (QED) is 0.528. The predicted molar refractivity (Wildman–Crippen MR) is 64.1 cm³/mol. The Bertz CT molecular complexity index is 460. The number of rotatable bonds is 3. The molecule has 0 aromatic heterocycles. The third-order valence-corrected chi connectivity index (χ3v) is 2.82. The topological polar surface area (TPSA) is 104 Å². The van der Waals surface area contributed by atoms with Crippen molar-refractivity contribution >= 4 is 17.3 Å². The van der Waals surface area contributed by atoms with Crippen molar-refractivity contribution < 1.29 is 14.8 Å². The SMILES string of the molecule is O=C(Nc1ccc([N+](=O)[O-])cc1)[C@H]1NCCC1O. The van der Waals surface area contributed by atoms with E-state index < -0.39 is 17.1 Å². The summed E-state index contributed by atoms with van der Waals surface area (Å²) in [5.74, 6) is -0.339. The van der Waals surface area contributed by atoms with Gasteiger partial charge in [0.25, 0.3) is 5.69 Å². The van der Waals surface area contributed by atoms with E-state index in [1.807, 2.05) is 0 Å². The third-order valence-electron chi connectivity index (χ3n) is 2.82. The molecule has 3 N–H and O–H groups in total. The first kappa shape index (κ1) is 12.5. The summed E-state index contributed by atoms with van der Waals surface area (Å²) in [6.07, 6.45) is -0.152. The maximum Gasteiger partial charge on any atom is 0.269 e. The number of carbonyl (C=O) groups excluding carboxylic acids is 1. The van der Waals surface area contributed by atoms with Crippen molar-refractivity contribution in [2.24, 2.45) is 0 Å². The van der Waals surface area contributed by atoms with Gasteiger partial charge < -0.3 is 15.7 Å². The first-order valence-corrected chi connectivity index (χ1v) is 5.54. The van der Waals surface area contributed by atoms with Crippen molar-refractivity contribution in [2.75, 3.05) is 11.9 Å². The number of benzene rings is 1. The number of carbonyl (C=O) groups is 1. The number of hydrogen-bond acceptors (Lipinski definition) is 5. The molecule has 0 spiro atoms. The van der Waals surface area contributed by atoms with E-state index in [4.69, 9.17) is 0 Å². The molecule has 18 heavy (non-hydrogen) atoms. The molecular formula is C11H13N3O4. The highest BCUT2D eigenvalue weighted by Gasteiger charge is 2.30. The Kier molecular flexibility index (Phi) is 3.54. The lowest BCUT2D eigenvalue weighted by Crippen LogP contribution is -2.42. The smallest absolute Gasteiger partial charge is 0.269 e. The normalized spacial score (nSPS) is 22.7. The van der Waals surface area contributed by atoms with E-state index in [-0.39, 0.29) is 11.6 Å². The van der Waals surface area contributed by atoms with Gasteiger partial charge in [-0.15, -0.1) is 0 Å². The summed E-state index contributed by atoms with van der Waals surface area (Å²) in [7, 11) is 0. The van der Waals surface area contributed by atoms with Crippen LogP contribution in [-0.4, -0.2) is 34.6 Å². The van der Waals surface area contributed by atoms with Crippen molar-refractivity contribution in [2.45, 2.75) is 18.6 Å².